The fourth-order valence-electron chi connectivity index (χ4n) is 1.12. The predicted octanol–water partition coefficient (Wildman–Crippen LogP) is 3.74. The molecule has 0 atom stereocenters. The van der Waals surface area contributed by atoms with Gasteiger partial charge in [-0.15, -0.1) is 11.6 Å². The van der Waals surface area contributed by atoms with Crippen molar-refractivity contribution in [3.05, 3.63) is 29.6 Å². The molecule has 0 aromatic heterocycles. The molecule has 14 heavy (non-hydrogen) atoms. The zero-order valence-corrected chi connectivity index (χ0v) is 8.98. The first-order valence-corrected chi connectivity index (χ1v) is 5.28. The van der Waals surface area contributed by atoms with Crippen molar-refractivity contribution in [2.24, 2.45) is 0 Å². The minimum Gasteiger partial charge on any atom is -0.493 e. The fraction of sp³-hybridized carbons (Fsp3) is 0.455. The summed E-state index contributed by atoms with van der Waals surface area (Å²) in [7, 11) is 0. The third-order valence-corrected chi connectivity index (χ3v) is 2.16. The van der Waals surface area contributed by atoms with Crippen molar-refractivity contribution in [1.29, 1.82) is 0 Å². The summed E-state index contributed by atoms with van der Waals surface area (Å²) in [5.41, 5.74) is 0.748. The van der Waals surface area contributed by atoms with Crippen LogP contribution in [0.2, 0.25) is 0 Å². The Hall–Kier alpha value is -0.760. The lowest BCUT2D eigenvalue weighted by Crippen LogP contribution is -1.97. The lowest BCUT2D eigenvalue weighted by atomic mass is 10.2. The average molecular weight is 217 g/mol. The van der Waals surface area contributed by atoms with Gasteiger partial charge in [0.15, 0.2) is 0 Å². The van der Waals surface area contributed by atoms with Crippen LogP contribution in [0.4, 0.5) is 4.39 Å². The molecule has 1 nitrogen and oxygen atoms in total. The Balaban J connectivity index is 2.62. The minimum atomic E-state index is -0.297. The van der Waals surface area contributed by atoms with E-state index in [1.54, 1.807) is 6.07 Å². The van der Waals surface area contributed by atoms with Gasteiger partial charge in [0.1, 0.15) is 11.6 Å². The number of hydrogen-bond donors (Lipinski definition) is 0. The van der Waals surface area contributed by atoms with Gasteiger partial charge in [0.2, 0.25) is 0 Å². The van der Waals surface area contributed by atoms with Crippen molar-refractivity contribution in [2.45, 2.75) is 25.6 Å². The molecule has 0 spiro atoms. The maximum Gasteiger partial charge on any atom is 0.127 e. The van der Waals surface area contributed by atoms with Gasteiger partial charge in [-0.3, -0.25) is 0 Å². The monoisotopic (exact) mass is 216 g/mol. The Bertz CT molecular complexity index is 289. The van der Waals surface area contributed by atoms with Gasteiger partial charge in [-0.1, -0.05) is 13.3 Å². The molecule has 0 saturated heterocycles. The van der Waals surface area contributed by atoms with E-state index in [4.69, 9.17) is 16.3 Å². The van der Waals surface area contributed by atoms with Gasteiger partial charge < -0.3 is 4.74 Å². The minimum absolute atomic E-state index is 0.297. The summed E-state index contributed by atoms with van der Waals surface area (Å²) in [5, 5.41) is 0. The normalized spacial score (nSPS) is 10.2. The lowest BCUT2D eigenvalue weighted by molar-refractivity contribution is 0.307. The van der Waals surface area contributed by atoms with Gasteiger partial charge in [-0.25, -0.2) is 4.39 Å². The summed E-state index contributed by atoms with van der Waals surface area (Å²) in [5.74, 6) is 0.575. The van der Waals surface area contributed by atoms with E-state index in [2.05, 4.69) is 6.92 Å². The molecule has 0 aliphatic rings. The highest BCUT2D eigenvalue weighted by molar-refractivity contribution is 6.17. The number of hydrogen-bond acceptors (Lipinski definition) is 1. The largest absolute Gasteiger partial charge is 0.493 e. The topological polar surface area (TPSA) is 9.23 Å². The van der Waals surface area contributed by atoms with Crippen LogP contribution in [0.3, 0.4) is 0 Å². The molecule has 0 heterocycles. The zero-order valence-electron chi connectivity index (χ0n) is 8.22. The van der Waals surface area contributed by atoms with E-state index in [0.29, 0.717) is 18.2 Å². The molecule has 0 N–H and O–H groups in total. The first kappa shape index (κ1) is 11.3. The van der Waals surface area contributed by atoms with Crippen molar-refractivity contribution in [2.75, 3.05) is 6.61 Å². The van der Waals surface area contributed by atoms with E-state index in [1.165, 1.54) is 12.1 Å². The van der Waals surface area contributed by atoms with Crippen molar-refractivity contribution in [3.8, 4) is 5.75 Å². The SMILES string of the molecule is CCCCOc1cc(F)cc(CCl)c1. The Kier molecular flexibility index (Phi) is 4.74. The van der Waals surface area contributed by atoms with Crippen LogP contribution >= 0.6 is 11.6 Å². The molecule has 0 radical (unpaired) electrons. The molecule has 0 fully saturated rings. The van der Waals surface area contributed by atoms with Crippen LogP contribution in [0, 0.1) is 5.82 Å². The molecule has 0 saturated carbocycles. The summed E-state index contributed by atoms with van der Waals surface area (Å²) in [6.07, 6.45) is 2.05. The molecule has 1 aromatic rings. The standard InChI is InChI=1S/C11H14ClFO/c1-2-3-4-14-11-6-9(8-12)5-10(13)7-11/h5-7H,2-4,8H2,1H3. The highest BCUT2D eigenvalue weighted by Gasteiger charge is 2.00. The Labute approximate surface area is 88.8 Å². The molecule has 0 unspecified atom stereocenters. The molecule has 0 aliphatic carbocycles. The van der Waals surface area contributed by atoms with Crippen LogP contribution in [0.25, 0.3) is 0 Å². The maximum atomic E-state index is 13.0. The summed E-state index contributed by atoms with van der Waals surface area (Å²) < 4.78 is 18.4. The number of halogens is 2. The van der Waals surface area contributed by atoms with E-state index < -0.39 is 0 Å². The smallest absolute Gasteiger partial charge is 0.127 e. The van der Waals surface area contributed by atoms with Gasteiger partial charge in [-0.05, 0) is 24.1 Å². The van der Waals surface area contributed by atoms with E-state index in [-0.39, 0.29) is 5.82 Å². The van der Waals surface area contributed by atoms with Gasteiger partial charge in [0, 0.05) is 11.9 Å². The third-order valence-electron chi connectivity index (χ3n) is 1.85. The first-order valence-electron chi connectivity index (χ1n) is 4.74. The van der Waals surface area contributed by atoms with Crippen molar-refractivity contribution in [3.63, 3.8) is 0 Å². The fourth-order valence-corrected chi connectivity index (χ4v) is 1.27. The summed E-state index contributed by atoms with van der Waals surface area (Å²) in [4.78, 5) is 0. The second-order valence-corrected chi connectivity index (χ2v) is 3.40. The van der Waals surface area contributed by atoms with Crippen LogP contribution in [-0.4, -0.2) is 6.61 Å². The zero-order chi connectivity index (χ0) is 10.4. The van der Waals surface area contributed by atoms with Crippen LogP contribution < -0.4 is 4.74 Å². The molecule has 3 heteroatoms. The van der Waals surface area contributed by atoms with Gasteiger partial charge in [-0.2, -0.15) is 0 Å². The van der Waals surface area contributed by atoms with Crippen LogP contribution in [-0.2, 0) is 5.88 Å². The summed E-state index contributed by atoms with van der Waals surface area (Å²) in [6, 6.07) is 4.57. The van der Waals surface area contributed by atoms with Gasteiger partial charge in [0.25, 0.3) is 0 Å². The number of benzene rings is 1. The van der Waals surface area contributed by atoms with E-state index in [0.717, 1.165) is 18.4 Å². The Morgan fingerprint density at radius 2 is 2.14 bits per heavy atom. The third kappa shape index (κ3) is 3.54. The Morgan fingerprint density at radius 1 is 1.36 bits per heavy atom. The van der Waals surface area contributed by atoms with Crippen LogP contribution in [0.1, 0.15) is 25.3 Å². The maximum absolute atomic E-state index is 13.0. The second kappa shape index (κ2) is 5.86. The number of unbranched alkanes of at least 4 members (excludes halogenated alkanes) is 1. The van der Waals surface area contributed by atoms with Crippen LogP contribution in [0.15, 0.2) is 18.2 Å². The molecule has 78 valence electrons. The molecule has 0 aliphatic heterocycles. The number of alkyl halides is 1. The Morgan fingerprint density at radius 3 is 2.79 bits per heavy atom. The molecular weight excluding hydrogens is 203 g/mol. The molecule has 1 rings (SSSR count). The van der Waals surface area contributed by atoms with Crippen molar-refractivity contribution < 1.29 is 9.13 Å². The van der Waals surface area contributed by atoms with Gasteiger partial charge in [0.05, 0.1) is 6.61 Å². The molecule has 0 amide bonds. The summed E-state index contributed by atoms with van der Waals surface area (Å²) >= 11 is 5.61. The lowest BCUT2D eigenvalue weighted by Gasteiger charge is -2.06. The predicted molar refractivity (Wildman–Crippen MR) is 56.4 cm³/mol. The molecular formula is C11H14ClFO. The molecule has 1 aromatic carbocycles. The van der Waals surface area contributed by atoms with E-state index >= 15 is 0 Å². The van der Waals surface area contributed by atoms with Crippen molar-refractivity contribution >= 4 is 11.6 Å². The van der Waals surface area contributed by atoms with Crippen LogP contribution in [0.5, 0.6) is 5.75 Å². The number of ether oxygens (including phenoxy) is 1. The average Bonchev–Trinajstić information content (AvgIpc) is 2.17. The summed E-state index contributed by atoms with van der Waals surface area (Å²) in [6.45, 7) is 2.71. The van der Waals surface area contributed by atoms with E-state index in [9.17, 15) is 4.39 Å². The first-order chi connectivity index (χ1) is 6.76. The highest BCUT2D eigenvalue weighted by Crippen LogP contribution is 2.18. The van der Waals surface area contributed by atoms with Crippen molar-refractivity contribution in [1.82, 2.24) is 0 Å². The highest BCUT2D eigenvalue weighted by atomic mass is 35.5. The quantitative estimate of drug-likeness (QED) is 0.538. The number of rotatable bonds is 5. The van der Waals surface area contributed by atoms with E-state index in [1.807, 2.05) is 0 Å². The molecule has 0 bridgehead atoms. The van der Waals surface area contributed by atoms with Gasteiger partial charge >= 0.3 is 0 Å². The second-order valence-electron chi connectivity index (χ2n) is 3.13.